The molecule has 0 aromatic carbocycles. The molecule has 2 rings (SSSR count). The number of allylic oxidation sites excluding steroid dienone is 2. The molecule has 0 radical (unpaired) electrons. The normalized spacial score (nSPS) is 41.4. The van der Waals surface area contributed by atoms with Crippen LogP contribution in [0.5, 0.6) is 0 Å². The number of carbonyl (C=O) groups excluding carboxylic acids is 1. The highest BCUT2D eigenvalue weighted by molar-refractivity contribution is 9.12. The molecule has 0 bridgehead atoms. The van der Waals surface area contributed by atoms with Crippen LogP contribution in [0.4, 0.5) is 0 Å². The molecule has 2 aliphatic heterocycles. The summed E-state index contributed by atoms with van der Waals surface area (Å²) in [5.41, 5.74) is 0. The number of hydrogen-bond donors (Lipinski definition) is 0. The molecule has 0 saturated carbocycles. The first-order valence-corrected chi connectivity index (χ1v) is 7.32. The SMILES string of the molecule is CC(=O)O[C@@H]1COC[C@H]1C1C=C(C)SC1(C)Br. The molecule has 0 amide bonds. The van der Waals surface area contributed by atoms with Gasteiger partial charge >= 0.3 is 5.97 Å². The second kappa shape index (κ2) is 4.94. The van der Waals surface area contributed by atoms with E-state index in [0.29, 0.717) is 19.1 Å². The van der Waals surface area contributed by atoms with E-state index >= 15 is 0 Å². The number of hydrogen-bond acceptors (Lipinski definition) is 4. The molecule has 0 spiro atoms. The zero-order chi connectivity index (χ0) is 12.6. The van der Waals surface area contributed by atoms with Crippen LogP contribution in [0.25, 0.3) is 0 Å². The number of halogens is 1. The maximum atomic E-state index is 11.1. The van der Waals surface area contributed by atoms with Crippen LogP contribution in [0.3, 0.4) is 0 Å². The Bertz CT molecular complexity index is 354. The molecule has 3 nitrogen and oxygen atoms in total. The molecule has 1 fully saturated rings. The van der Waals surface area contributed by atoms with Gasteiger partial charge in [-0.25, -0.2) is 0 Å². The zero-order valence-corrected chi connectivity index (χ0v) is 12.6. The second-order valence-electron chi connectivity index (χ2n) is 4.74. The quantitative estimate of drug-likeness (QED) is 0.579. The van der Waals surface area contributed by atoms with Crippen molar-refractivity contribution in [1.29, 1.82) is 0 Å². The Morgan fingerprint density at radius 2 is 2.35 bits per heavy atom. The largest absolute Gasteiger partial charge is 0.460 e. The van der Waals surface area contributed by atoms with Gasteiger partial charge in [-0.1, -0.05) is 22.0 Å². The second-order valence-corrected chi connectivity index (χ2v) is 8.61. The van der Waals surface area contributed by atoms with Crippen molar-refractivity contribution in [2.45, 2.75) is 30.5 Å². The van der Waals surface area contributed by atoms with Gasteiger partial charge in [0.2, 0.25) is 0 Å². The molecule has 2 unspecified atom stereocenters. The third-order valence-electron chi connectivity index (χ3n) is 3.22. The summed E-state index contributed by atoms with van der Waals surface area (Å²) in [6.45, 7) is 6.90. The lowest BCUT2D eigenvalue weighted by Crippen LogP contribution is -2.36. The molecule has 2 heterocycles. The van der Waals surface area contributed by atoms with Crippen molar-refractivity contribution >= 4 is 33.7 Å². The molecular weight excluding hydrogens is 304 g/mol. The van der Waals surface area contributed by atoms with Crippen molar-refractivity contribution in [3.8, 4) is 0 Å². The summed E-state index contributed by atoms with van der Waals surface area (Å²) in [7, 11) is 0. The standard InChI is InChI=1S/C12H17BrO3S/c1-7-4-10(12(3,13)17-7)9-5-15-6-11(9)16-8(2)14/h4,9-11H,5-6H2,1-3H3/t9-,10?,11+,12?/m0/s1. The molecule has 0 aromatic rings. The minimum Gasteiger partial charge on any atom is -0.460 e. The summed E-state index contributed by atoms with van der Waals surface area (Å²) in [4.78, 5) is 12.4. The average molecular weight is 321 g/mol. The van der Waals surface area contributed by atoms with Crippen molar-refractivity contribution in [2.75, 3.05) is 13.2 Å². The van der Waals surface area contributed by atoms with Gasteiger partial charge in [0.15, 0.2) is 0 Å². The monoisotopic (exact) mass is 320 g/mol. The van der Waals surface area contributed by atoms with Crippen molar-refractivity contribution in [3.05, 3.63) is 11.0 Å². The van der Waals surface area contributed by atoms with E-state index in [1.165, 1.54) is 11.8 Å². The van der Waals surface area contributed by atoms with Crippen LogP contribution < -0.4 is 0 Å². The number of ether oxygens (including phenoxy) is 2. The van der Waals surface area contributed by atoms with Crippen molar-refractivity contribution in [2.24, 2.45) is 11.8 Å². The fourth-order valence-corrected chi connectivity index (χ4v) is 5.01. The van der Waals surface area contributed by atoms with Crippen LogP contribution in [0.2, 0.25) is 0 Å². The summed E-state index contributed by atoms with van der Waals surface area (Å²) in [6, 6.07) is 0. The molecule has 96 valence electrons. The van der Waals surface area contributed by atoms with E-state index in [1.807, 2.05) is 11.8 Å². The van der Waals surface area contributed by atoms with Gasteiger partial charge in [0.05, 0.1) is 16.9 Å². The third-order valence-corrected chi connectivity index (χ3v) is 5.36. The van der Waals surface area contributed by atoms with E-state index in [0.717, 1.165) is 0 Å². The van der Waals surface area contributed by atoms with Gasteiger partial charge in [0.25, 0.3) is 0 Å². The summed E-state index contributed by atoms with van der Waals surface area (Å²) in [5, 5.41) is 0. The molecule has 0 N–H and O–H groups in total. The van der Waals surface area contributed by atoms with Gasteiger partial charge in [-0.15, -0.1) is 11.8 Å². The van der Waals surface area contributed by atoms with Crippen LogP contribution in [-0.2, 0) is 14.3 Å². The third kappa shape index (κ3) is 2.88. The summed E-state index contributed by atoms with van der Waals surface area (Å²) < 4.78 is 10.8. The fraction of sp³-hybridized carbons (Fsp3) is 0.750. The number of carbonyl (C=O) groups is 1. The number of thioether (sulfide) groups is 1. The Balaban J connectivity index is 2.13. The first-order valence-electron chi connectivity index (χ1n) is 5.71. The van der Waals surface area contributed by atoms with Crippen LogP contribution in [0.15, 0.2) is 11.0 Å². The first-order chi connectivity index (χ1) is 7.90. The van der Waals surface area contributed by atoms with Gasteiger partial charge in [-0.05, 0) is 18.8 Å². The van der Waals surface area contributed by atoms with E-state index in [2.05, 4.69) is 35.9 Å². The summed E-state index contributed by atoms with van der Waals surface area (Å²) in [5.74, 6) is 0.348. The average Bonchev–Trinajstić information content (AvgIpc) is 2.69. The molecule has 1 saturated heterocycles. The van der Waals surface area contributed by atoms with E-state index in [1.54, 1.807) is 0 Å². The van der Waals surface area contributed by atoms with Gasteiger partial charge in [-0.2, -0.15) is 0 Å². The minimum absolute atomic E-state index is 0.0200. The van der Waals surface area contributed by atoms with Gasteiger partial charge in [-0.3, -0.25) is 4.79 Å². The van der Waals surface area contributed by atoms with Crippen LogP contribution >= 0.6 is 27.7 Å². The lowest BCUT2D eigenvalue weighted by Gasteiger charge is -2.31. The predicted octanol–water partition coefficient (Wildman–Crippen LogP) is 2.94. The number of rotatable bonds is 2. The topological polar surface area (TPSA) is 35.5 Å². The van der Waals surface area contributed by atoms with E-state index in [4.69, 9.17) is 9.47 Å². The van der Waals surface area contributed by atoms with E-state index < -0.39 is 0 Å². The Morgan fingerprint density at radius 1 is 1.65 bits per heavy atom. The maximum Gasteiger partial charge on any atom is 0.302 e. The van der Waals surface area contributed by atoms with E-state index in [9.17, 15) is 4.79 Å². The molecule has 0 aliphatic carbocycles. The molecule has 2 aliphatic rings. The molecule has 17 heavy (non-hydrogen) atoms. The highest BCUT2D eigenvalue weighted by Crippen LogP contribution is 2.53. The van der Waals surface area contributed by atoms with Gasteiger partial charge < -0.3 is 9.47 Å². The van der Waals surface area contributed by atoms with E-state index in [-0.39, 0.29) is 21.6 Å². The minimum atomic E-state index is -0.229. The highest BCUT2D eigenvalue weighted by Gasteiger charge is 2.47. The van der Waals surface area contributed by atoms with Gasteiger partial charge in [0.1, 0.15) is 6.10 Å². The van der Waals surface area contributed by atoms with Crippen molar-refractivity contribution in [3.63, 3.8) is 0 Å². The molecular formula is C12H17BrO3S. The highest BCUT2D eigenvalue weighted by atomic mass is 79.9. The molecule has 4 atom stereocenters. The van der Waals surface area contributed by atoms with Crippen LogP contribution in [0.1, 0.15) is 20.8 Å². The number of esters is 1. The number of alkyl halides is 1. The van der Waals surface area contributed by atoms with Crippen molar-refractivity contribution in [1.82, 2.24) is 0 Å². The summed E-state index contributed by atoms with van der Waals surface area (Å²) >= 11 is 5.59. The van der Waals surface area contributed by atoms with Crippen LogP contribution in [0, 0.1) is 11.8 Å². The molecule has 5 heteroatoms. The lowest BCUT2D eigenvalue weighted by molar-refractivity contribution is -0.148. The van der Waals surface area contributed by atoms with Crippen molar-refractivity contribution < 1.29 is 14.3 Å². The Kier molecular flexibility index (Phi) is 3.90. The Hall–Kier alpha value is -0.000000000000000111. The van der Waals surface area contributed by atoms with Crippen LogP contribution in [-0.4, -0.2) is 28.9 Å². The Morgan fingerprint density at radius 3 is 2.88 bits per heavy atom. The Labute approximate surface area is 114 Å². The predicted molar refractivity (Wildman–Crippen MR) is 72.0 cm³/mol. The van der Waals surface area contributed by atoms with Gasteiger partial charge in [0, 0.05) is 18.8 Å². The lowest BCUT2D eigenvalue weighted by atomic mass is 9.87. The molecule has 0 aromatic heterocycles. The zero-order valence-electron chi connectivity index (χ0n) is 10.2. The maximum absolute atomic E-state index is 11.1. The smallest absolute Gasteiger partial charge is 0.302 e. The fourth-order valence-electron chi connectivity index (χ4n) is 2.55. The summed E-state index contributed by atoms with van der Waals surface area (Å²) in [6.07, 6.45) is 2.15. The first kappa shape index (κ1) is 13.4.